The lowest BCUT2D eigenvalue weighted by Crippen LogP contribution is -2.57. The van der Waals surface area contributed by atoms with Gasteiger partial charge >= 0.3 is 0 Å². The summed E-state index contributed by atoms with van der Waals surface area (Å²) in [6.07, 6.45) is 16.7. The van der Waals surface area contributed by atoms with E-state index in [1.807, 2.05) is 0 Å². The van der Waals surface area contributed by atoms with Gasteiger partial charge in [0.05, 0.1) is 22.3 Å². The Morgan fingerprint density at radius 1 is 0.638 bits per heavy atom. The summed E-state index contributed by atoms with van der Waals surface area (Å²) in [6, 6.07) is 57.2. The molecule has 4 atom stereocenters. The fourth-order valence-corrected chi connectivity index (χ4v) is 10.2. The Hall–Kier alpha value is -6.49. The van der Waals surface area contributed by atoms with Crippen LogP contribution in [0.5, 0.6) is 0 Å². The highest BCUT2D eigenvalue weighted by Crippen LogP contribution is 2.52. The Labute approximate surface area is 340 Å². The molecule has 6 aromatic carbocycles. The zero-order valence-electron chi connectivity index (χ0n) is 32.8. The maximum atomic E-state index is 5.53. The van der Waals surface area contributed by atoms with Gasteiger partial charge in [-0.05, 0) is 102 Å². The first kappa shape index (κ1) is 34.7. The van der Waals surface area contributed by atoms with Crippen molar-refractivity contribution in [3.63, 3.8) is 0 Å². The Balaban J connectivity index is 0.981. The first-order valence-corrected chi connectivity index (χ1v) is 20.9. The third-order valence-corrected chi connectivity index (χ3v) is 13.0. The van der Waals surface area contributed by atoms with Gasteiger partial charge in [-0.3, -0.25) is 0 Å². The van der Waals surface area contributed by atoms with Crippen LogP contribution in [0.1, 0.15) is 49.3 Å². The van der Waals surface area contributed by atoms with Gasteiger partial charge in [0, 0.05) is 34.1 Å². The number of fused-ring (bicyclic) bond motifs is 6. The lowest BCUT2D eigenvalue weighted by atomic mass is 9.77. The number of benzene rings is 6. The first-order valence-electron chi connectivity index (χ1n) is 20.9. The molecule has 3 heterocycles. The van der Waals surface area contributed by atoms with Crippen LogP contribution in [0.25, 0.3) is 49.9 Å². The highest BCUT2D eigenvalue weighted by atomic mass is 15.4. The second kappa shape index (κ2) is 14.2. The number of nitrogens with one attached hydrogen (secondary N) is 1. The van der Waals surface area contributed by atoms with Crippen molar-refractivity contribution in [2.24, 2.45) is 10.9 Å². The fourth-order valence-electron chi connectivity index (χ4n) is 10.2. The second-order valence-corrected chi connectivity index (χ2v) is 16.4. The standard InChI is InChI=1S/C54H46N4/c1-54-33-32-42(41-28-31-51-46(34-41)44-22-14-15-24-50(44)57(51)43-29-26-38(27-30-43)37-16-6-2-7-17-37)35-47(54)45-23-12-5-13-25-52(45)58(54)53-55-48(39-18-8-3-9-19-39)36-49(56-53)40-20-10-4-11-21-40/h2-4,6-11,14-24,26-36,47,52-53,55H,5,12-13,25H2,1H3/t47?,52-,53?,54?/m1/s1. The quantitative estimate of drug-likeness (QED) is 0.172. The molecule has 1 saturated heterocycles. The van der Waals surface area contributed by atoms with Crippen molar-refractivity contribution in [2.75, 3.05) is 0 Å². The Kier molecular flexibility index (Phi) is 8.48. The van der Waals surface area contributed by atoms with E-state index in [2.05, 4.69) is 210 Å². The van der Waals surface area contributed by atoms with E-state index in [9.17, 15) is 0 Å². The van der Waals surface area contributed by atoms with Gasteiger partial charge < -0.3 is 9.88 Å². The maximum Gasteiger partial charge on any atom is 0.178 e. The normalized spacial score (nSPS) is 22.9. The zero-order valence-corrected chi connectivity index (χ0v) is 32.8. The minimum atomic E-state index is -0.258. The van der Waals surface area contributed by atoms with Gasteiger partial charge in [-0.1, -0.05) is 158 Å². The highest BCUT2D eigenvalue weighted by molar-refractivity contribution is 6.13. The van der Waals surface area contributed by atoms with Crippen molar-refractivity contribution >= 4 is 38.8 Å². The molecule has 4 heteroatoms. The molecule has 0 radical (unpaired) electrons. The van der Waals surface area contributed by atoms with Gasteiger partial charge in [-0.25, -0.2) is 9.89 Å². The van der Waals surface area contributed by atoms with E-state index in [0.29, 0.717) is 6.04 Å². The minimum absolute atomic E-state index is 0.222. The van der Waals surface area contributed by atoms with Crippen LogP contribution in [0.2, 0.25) is 0 Å². The van der Waals surface area contributed by atoms with E-state index in [1.165, 1.54) is 68.2 Å². The van der Waals surface area contributed by atoms with Gasteiger partial charge in [0.25, 0.3) is 0 Å². The molecular weight excluding hydrogens is 705 g/mol. The van der Waals surface area contributed by atoms with Gasteiger partial charge in [-0.15, -0.1) is 0 Å². The molecule has 3 unspecified atom stereocenters. The summed E-state index contributed by atoms with van der Waals surface area (Å²) in [6.45, 7) is 2.44. The van der Waals surface area contributed by atoms with E-state index in [0.717, 1.165) is 29.8 Å². The Morgan fingerprint density at radius 2 is 1.29 bits per heavy atom. The molecule has 1 N–H and O–H groups in total. The maximum absolute atomic E-state index is 5.53. The second-order valence-electron chi connectivity index (χ2n) is 16.4. The largest absolute Gasteiger partial charge is 0.351 e. The van der Waals surface area contributed by atoms with E-state index in [4.69, 9.17) is 4.99 Å². The number of allylic oxidation sites excluding steroid dienone is 4. The molecule has 0 bridgehead atoms. The molecule has 4 nitrogen and oxygen atoms in total. The smallest absolute Gasteiger partial charge is 0.178 e. The first-order chi connectivity index (χ1) is 28.6. The number of rotatable bonds is 6. The SMILES string of the molecule is CC12C=CC(c3ccc4c(c3)c3ccccc3n4-c3ccc(-c4ccccc4)cc3)=CC1C1=CCCCC[C@H]1N2C1N=C(c2ccccc2)C=C(c2ccccc2)N1. The number of hydrogen-bond donors (Lipinski definition) is 1. The van der Waals surface area contributed by atoms with Crippen molar-refractivity contribution in [1.29, 1.82) is 0 Å². The Bertz CT molecular complexity index is 2820. The van der Waals surface area contributed by atoms with Crippen LogP contribution in [0.4, 0.5) is 0 Å². The van der Waals surface area contributed by atoms with Gasteiger partial charge in [-0.2, -0.15) is 0 Å². The number of aromatic nitrogens is 1. The van der Waals surface area contributed by atoms with Crippen molar-refractivity contribution in [2.45, 2.75) is 50.5 Å². The number of nitrogens with zero attached hydrogens (tertiary/aromatic N) is 3. The average Bonchev–Trinajstić information content (AvgIpc) is 3.61. The lowest BCUT2D eigenvalue weighted by Gasteiger charge is -2.44. The van der Waals surface area contributed by atoms with Crippen LogP contribution >= 0.6 is 0 Å². The van der Waals surface area contributed by atoms with Crippen molar-refractivity contribution in [3.8, 4) is 16.8 Å². The lowest BCUT2D eigenvalue weighted by molar-refractivity contribution is 0.0742. The van der Waals surface area contributed by atoms with Crippen LogP contribution < -0.4 is 5.32 Å². The van der Waals surface area contributed by atoms with E-state index in [-0.39, 0.29) is 17.7 Å². The third-order valence-electron chi connectivity index (χ3n) is 13.0. The van der Waals surface area contributed by atoms with Crippen LogP contribution in [0.15, 0.2) is 199 Å². The molecule has 1 aromatic heterocycles. The van der Waals surface area contributed by atoms with Gasteiger partial charge in [0.1, 0.15) is 0 Å². The molecule has 58 heavy (non-hydrogen) atoms. The molecule has 11 rings (SSSR count). The minimum Gasteiger partial charge on any atom is -0.351 e. The summed E-state index contributed by atoms with van der Waals surface area (Å²) in [5, 5.41) is 6.49. The number of likely N-dealkylation sites (tertiary alicyclic amines) is 1. The average molecular weight is 751 g/mol. The highest BCUT2D eigenvalue weighted by Gasteiger charge is 2.55. The van der Waals surface area contributed by atoms with Crippen LogP contribution in [-0.2, 0) is 0 Å². The third kappa shape index (κ3) is 5.82. The zero-order chi connectivity index (χ0) is 38.6. The van der Waals surface area contributed by atoms with E-state index >= 15 is 0 Å². The monoisotopic (exact) mass is 750 g/mol. The summed E-state index contributed by atoms with van der Waals surface area (Å²) in [4.78, 5) is 8.23. The molecule has 1 fully saturated rings. The number of para-hydroxylation sites is 1. The predicted octanol–water partition coefficient (Wildman–Crippen LogP) is 12.4. The summed E-state index contributed by atoms with van der Waals surface area (Å²) in [5.41, 5.74) is 14.4. The molecule has 2 aliphatic heterocycles. The molecule has 7 aromatic rings. The summed E-state index contributed by atoms with van der Waals surface area (Å²) >= 11 is 0. The Morgan fingerprint density at radius 3 is 2.07 bits per heavy atom. The van der Waals surface area contributed by atoms with Crippen molar-refractivity contribution in [3.05, 3.63) is 210 Å². The van der Waals surface area contributed by atoms with Gasteiger partial charge in [0.15, 0.2) is 6.29 Å². The van der Waals surface area contributed by atoms with E-state index < -0.39 is 0 Å². The summed E-state index contributed by atoms with van der Waals surface area (Å²) < 4.78 is 2.42. The molecule has 0 amide bonds. The predicted molar refractivity (Wildman–Crippen MR) is 242 cm³/mol. The summed E-state index contributed by atoms with van der Waals surface area (Å²) in [7, 11) is 0. The summed E-state index contributed by atoms with van der Waals surface area (Å²) in [5.74, 6) is 0.235. The number of aliphatic imine (C=N–C) groups is 1. The van der Waals surface area contributed by atoms with E-state index in [1.54, 1.807) is 5.57 Å². The molecule has 2 aliphatic carbocycles. The molecular formula is C54H46N4. The van der Waals surface area contributed by atoms with Gasteiger partial charge in [0.2, 0.25) is 0 Å². The molecule has 4 aliphatic rings. The van der Waals surface area contributed by atoms with Crippen molar-refractivity contribution < 1.29 is 0 Å². The molecule has 282 valence electrons. The van der Waals surface area contributed by atoms with Crippen LogP contribution in [0.3, 0.4) is 0 Å². The topological polar surface area (TPSA) is 32.6 Å². The fraction of sp³-hybridized carbons (Fsp3) is 0.167. The van der Waals surface area contributed by atoms with Crippen LogP contribution in [-0.4, -0.2) is 33.0 Å². The molecule has 0 saturated carbocycles. The molecule has 0 spiro atoms. The van der Waals surface area contributed by atoms with Crippen molar-refractivity contribution in [1.82, 2.24) is 14.8 Å². The van der Waals surface area contributed by atoms with Crippen LogP contribution in [0, 0.1) is 5.92 Å². The number of hydrogen-bond acceptors (Lipinski definition) is 3.